The minimum absolute atomic E-state index is 0.0301. The summed E-state index contributed by atoms with van der Waals surface area (Å²) >= 11 is 5.34. The first-order valence-electron chi connectivity index (χ1n) is 4.67. The van der Waals surface area contributed by atoms with Crippen LogP contribution in [-0.2, 0) is 11.3 Å². The number of amides is 1. The van der Waals surface area contributed by atoms with Crippen LogP contribution in [0.3, 0.4) is 0 Å². The van der Waals surface area contributed by atoms with Crippen molar-refractivity contribution in [3.8, 4) is 11.8 Å². The summed E-state index contributed by atoms with van der Waals surface area (Å²) in [6, 6.07) is 9.02. The topological polar surface area (TPSA) is 62.1 Å². The van der Waals surface area contributed by atoms with Gasteiger partial charge in [-0.05, 0) is 17.7 Å². The molecule has 16 heavy (non-hydrogen) atoms. The molecular weight excluding hydrogens is 228 g/mol. The van der Waals surface area contributed by atoms with Crippen molar-refractivity contribution in [2.45, 2.75) is 6.54 Å². The number of alkyl halides is 1. The van der Waals surface area contributed by atoms with E-state index in [4.69, 9.17) is 21.6 Å². The van der Waals surface area contributed by atoms with Gasteiger partial charge in [0.2, 0.25) is 5.91 Å². The normalized spacial score (nSPS) is 9.25. The highest BCUT2D eigenvalue weighted by Crippen LogP contribution is 2.11. The number of nitriles is 1. The van der Waals surface area contributed by atoms with Gasteiger partial charge in [-0.1, -0.05) is 12.1 Å². The van der Waals surface area contributed by atoms with Crippen molar-refractivity contribution in [1.82, 2.24) is 5.32 Å². The van der Waals surface area contributed by atoms with Crippen molar-refractivity contribution in [1.29, 1.82) is 5.26 Å². The molecule has 1 aromatic rings. The van der Waals surface area contributed by atoms with Crippen molar-refractivity contribution in [3.63, 3.8) is 0 Å². The van der Waals surface area contributed by atoms with E-state index < -0.39 is 0 Å². The SMILES string of the molecule is N#CCOc1ccc(CNC(=O)CCl)cc1. The molecule has 1 rings (SSSR count). The Morgan fingerprint density at radius 2 is 2.12 bits per heavy atom. The Kier molecular flexibility index (Phi) is 5.17. The average Bonchev–Trinajstić information content (AvgIpc) is 2.34. The minimum atomic E-state index is -0.202. The van der Waals surface area contributed by atoms with Crippen LogP contribution >= 0.6 is 11.6 Å². The quantitative estimate of drug-likeness (QED) is 0.790. The van der Waals surface area contributed by atoms with Gasteiger partial charge in [0, 0.05) is 6.54 Å². The Morgan fingerprint density at radius 1 is 1.44 bits per heavy atom. The van der Waals surface area contributed by atoms with Gasteiger partial charge in [-0.2, -0.15) is 5.26 Å². The maximum absolute atomic E-state index is 10.9. The second-order valence-electron chi connectivity index (χ2n) is 3.00. The average molecular weight is 239 g/mol. The van der Waals surface area contributed by atoms with Crippen LogP contribution in [0.25, 0.3) is 0 Å². The van der Waals surface area contributed by atoms with Gasteiger partial charge in [0.1, 0.15) is 17.7 Å². The summed E-state index contributed by atoms with van der Waals surface area (Å²) in [5, 5.41) is 11.0. The lowest BCUT2D eigenvalue weighted by atomic mass is 10.2. The monoisotopic (exact) mass is 238 g/mol. The van der Waals surface area contributed by atoms with Gasteiger partial charge < -0.3 is 10.1 Å². The predicted molar refractivity (Wildman–Crippen MR) is 60.1 cm³/mol. The molecule has 1 amide bonds. The molecule has 0 unspecified atom stereocenters. The maximum atomic E-state index is 10.9. The lowest BCUT2D eigenvalue weighted by Gasteiger charge is -2.05. The molecule has 5 heteroatoms. The smallest absolute Gasteiger partial charge is 0.235 e. The Morgan fingerprint density at radius 3 is 2.69 bits per heavy atom. The molecule has 0 spiro atoms. The molecule has 0 heterocycles. The molecule has 0 aromatic heterocycles. The Balaban J connectivity index is 2.45. The molecule has 0 radical (unpaired) electrons. The summed E-state index contributed by atoms with van der Waals surface area (Å²) in [7, 11) is 0. The van der Waals surface area contributed by atoms with Crippen molar-refractivity contribution >= 4 is 17.5 Å². The Labute approximate surface area is 98.8 Å². The standard InChI is InChI=1S/C11H11ClN2O2/c12-7-11(15)14-8-9-1-3-10(4-2-9)16-6-5-13/h1-4H,6-8H2,(H,14,15). The molecular formula is C11H11ClN2O2. The van der Waals surface area contributed by atoms with Crippen LogP contribution in [-0.4, -0.2) is 18.4 Å². The van der Waals surface area contributed by atoms with Crippen LogP contribution in [0.1, 0.15) is 5.56 Å². The van der Waals surface area contributed by atoms with E-state index in [-0.39, 0.29) is 18.4 Å². The molecule has 84 valence electrons. The van der Waals surface area contributed by atoms with Crippen molar-refractivity contribution in [2.24, 2.45) is 0 Å². The summed E-state index contributed by atoms with van der Waals surface area (Å²) in [4.78, 5) is 10.9. The lowest BCUT2D eigenvalue weighted by molar-refractivity contribution is -0.118. The van der Waals surface area contributed by atoms with Gasteiger partial charge in [0.15, 0.2) is 6.61 Å². The third-order valence-electron chi connectivity index (χ3n) is 1.84. The van der Waals surface area contributed by atoms with E-state index in [1.54, 1.807) is 12.1 Å². The summed E-state index contributed by atoms with van der Waals surface area (Å²) < 4.78 is 5.09. The van der Waals surface area contributed by atoms with Crippen molar-refractivity contribution in [2.75, 3.05) is 12.5 Å². The van der Waals surface area contributed by atoms with E-state index in [1.165, 1.54) is 0 Å². The lowest BCUT2D eigenvalue weighted by Crippen LogP contribution is -2.23. The van der Waals surface area contributed by atoms with Crippen LogP contribution in [0.2, 0.25) is 0 Å². The Bertz CT molecular complexity index is 384. The van der Waals surface area contributed by atoms with Crippen LogP contribution in [0.15, 0.2) is 24.3 Å². The second-order valence-corrected chi connectivity index (χ2v) is 3.27. The number of rotatable bonds is 5. The fraction of sp³-hybridized carbons (Fsp3) is 0.273. The van der Waals surface area contributed by atoms with Gasteiger partial charge >= 0.3 is 0 Å². The number of hydrogen-bond donors (Lipinski definition) is 1. The zero-order chi connectivity index (χ0) is 11.8. The summed E-state index contributed by atoms with van der Waals surface area (Å²) in [5.41, 5.74) is 0.947. The molecule has 0 saturated carbocycles. The number of halogens is 1. The third-order valence-corrected chi connectivity index (χ3v) is 2.08. The predicted octanol–water partition coefficient (Wildman–Crippen LogP) is 1.44. The largest absolute Gasteiger partial charge is 0.479 e. The minimum Gasteiger partial charge on any atom is -0.479 e. The molecule has 0 aliphatic heterocycles. The second kappa shape index (κ2) is 6.70. The first-order valence-corrected chi connectivity index (χ1v) is 5.21. The van der Waals surface area contributed by atoms with Crippen molar-refractivity contribution < 1.29 is 9.53 Å². The zero-order valence-electron chi connectivity index (χ0n) is 8.57. The third kappa shape index (κ3) is 4.20. The fourth-order valence-electron chi connectivity index (χ4n) is 1.07. The summed E-state index contributed by atoms with van der Waals surface area (Å²) in [5.74, 6) is 0.393. The van der Waals surface area contributed by atoms with Gasteiger partial charge in [0.05, 0.1) is 0 Å². The van der Waals surface area contributed by atoms with E-state index >= 15 is 0 Å². The van der Waals surface area contributed by atoms with Gasteiger partial charge in [-0.25, -0.2) is 0 Å². The summed E-state index contributed by atoms with van der Waals surface area (Å²) in [6.07, 6.45) is 0. The molecule has 1 aromatic carbocycles. The highest BCUT2D eigenvalue weighted by atomic mass is 35.5. The highest BCUT2D eigenvalue weighted by molar-refractivity contribution is 6.27. The number of nitrogens with one attached hydrogen (secondary N) is 1. The first-order chi connectivity index (χ1) is 7.76. The Hall–Kier alpha value is -1.73. The molecule has 0 aliphatic rings. The van der Waals surface area contributed by atoms with E-state index in [1.807, 2.05) is 18.2 Å². The van der Waals surface area contributed by atoms with E-state index in [2.05, 4.69) is 5.32 Å². The van der Waals surface area contributed by atoms with Gasteiger partial charge in [0.25, 0.3) is 0 Å². The van der Waals surface area contributed by atoms with Crippen LogP contribution in [0, 0.1) is 11.3 Å². The number of carbonyl (C=O) groups is 1. The highest BCUT2D eigenvalue weighted by Gasteiger charge is 1.99. The number of ether oxygens (including phenoxy) is 1. The van der Waals surface area contributed by atoms with Crippen LogP contribution in [0.4, 0.5) is 0 Å². The number of hydrogen-bond acceptors (Lipinski definition) is 3. The van der Waals surface area contributed by atoms with E-state index in [0.717, 1.165) is 5.56 Å². The molecule has 0 fully saturated rings. The van der Waals surface area contributed by atoms with E-state index in [0.29, 0.717) is 12.3 Å². The molecule has 1 N–H and O–H groups in total. The number of benzene rings is 1. The number of nitrogens with zero attached hydrogens (tertiary/aromatic N) is 1. The van der Waals surface area contributed by atoms with Crippen LogP contribution in [0.5, 0.6) is 5.75 Å². The molecule has 0 atom stereocenters. The molecule has 0 bridgehead atoms. The molecule has 0 aliphatic carbocycles. The molecule has 0 saturated heterocycles. The van der Waals surface area contributed by atoms with Gasteiger partial charge in [-0.3, -0.25) is 4.79 Å². The fourth-order valence-corrected chi connectivity index (χ4v) is 1.16. The first kappa shape index (κ1) is 12.3. The van der Waals surface area contributed by atoms with Gasteiger partial charge in [-0.15, -0.1) is 11.6 Å². The molecule has 4 nitrogen and oxygen atoms in total. The van der Waals surface area contributed by atoms with E-state index in [9.17, 15) is 4.79 Å². The van der Waals surface area contributed by atoms with Crippen molar-refractivity contribution in [3.05, 3.63) is 29.8 Å². The zero-order valence-corrected chi connectivity index (χ0v) is 9.33. The summed E-state index contributed by atoms with van der Waals surface area (Å²) in [6.45, 7) is 0.465. The number of carbonyl (C=O) groups excluding carboxylic acids is 1. The van der Waals surface area contributed by atoms with Crippen LogP contribution < -0.4 is 10.1 Å². The maximum Gasteiger partial charge on any atom is 0.235 e.